The number of hydrogen-bond donors (Lipinski definition) is 3. The second-order valence-electron chi connectivity index (χ2n) is 9.35. The zero-order chi connectivity index (χ0) is 26.3. The summed E-state index contributed by atoms with van der Waals surface area (Å²) in [6, 6.07) is 16.1. The average Bonchev–Trinajstić information content (AvgIpc) is 3.30. The number of pyridine rings is 2. The summed E-state index contributed by atoms with van der Waals surface area (Å²) in [5.74, 6) is -0.568. The molecule has 5 aromatic rings. The first-order valence-corrected chi connectivity index (χ1v) is 12.0. The maximum atomic E-state index is 13.6. The largest absolute Gasteiger partial charge is 0.394 e. The molecular formula is C28H24ClFN4O3. The van der Waals surface area contributed by atoms with E-state index in [2.05, 4.69) is 15.2 Å². The first-order valence-electron chi connectivity index (χ1n) is 11.6. The van der Waals surface area contributed by atoms with Crippen LogP contribution in [0.2, 0.25) is 5.02 Å². The zero-order valence-corrected chi connectivity index (χ0v) is 20.9. The molecule has 0 aliphatic carbocycles. The molecule has 0 radical (unpaired) electrons. The maximum absolute atomic E-state index is 13.6. The number of aliphatic hydroxyl groups excluding tert-OH is 1. The van der Waals surface area contributed by atoms with Gasteiger partial charge in [-0.15, -0.1) is 0 Å². The Morgan fingerprint density at radius 1 is 1.05 bits per heavy atom. The fraction of sp³-hybridized carbons (Fsp3) is 0.179. The Balaban J connectivity index is 1.53. The lowest BCUT2D eigenvalue weighted by Gasteiger charge is -2.19. The van der Waals surface area contributed by atoms with Crippen LogP contribution in [0.15, 0.2) is 77.9 Å². The molecule has 9 heteroatoms. The molecule has 188 valence electrons. The second-order valence-corrected chi connectivity index (χ2v) is 9.76. The van der Waals surface area contributed by atoms with Crippen LogP contribution in [0.25, 0.3) is 33.3 Å². The highest BCUT2D eigenvalue weighted by Gasteiger charge is 2.20. The van der Waals surface area contributed by atoms with Crippen molar-refractivity contribution in [2.75, 3.05) is 6.61 Å². The lowest BCUT2D eigenvalue weighted by atomic mass is 9.99. The molecule has 0 aliphatic rings. The van der Waals surface area contributed by atoms with E-state index in [0.29, 0.717) is 22.5 Å². The molecule has 7 nitrogen and oxygen atoms in total. The van der Waals surface area contributed by atoms with Crippen molar-refractivity contribution in [3.63, 3.8) is 0 Å². The summed E-state index contributed by atoms with van der Waals surface area (Å²) < 4.78 is 15.0. The van der Waals surface area contributed by atoms with Crippen molar-refractivity contribution < 1.29 is 14.6 Å². The minimum atomic E-state index is -1.09. The van der Waals surface area contributed by atoms with Crippen molar-refractivity contribution in [1.29, 1.82) is 0 Å². The normalized spacial score (nSPS) is 12.7. The summed E-state index contributed by atoms with van der Waals surface area (Å²) in [4.78, 5) is 17.3. The van der Waals surface area contributed by atoms with Gasteiger partial charge in [0, 0.05) is 29.4 Å². The highest BCUT2D eigenvalue weighted by Crippen LogP contribution is 2.32. The van der Waals surface area contributed by atoms with E-state index in [1.54, 1.807) is 38.4 Å². The molecule has 0 aliphatic heterocycles. The van der Waals surface area contributed by atoms with Crippen molar-refractivity contribution in [3.8, 4) is 22.4 Å². The Kier molecular flexibility index (Phi) is 6.41. The molecule has 3 N–H and O–H groups in total. The van der Waals surface area contributed by atoms with Crippen LogP contribution in [0.1, 0.15) is 31.1 Å². The van der Waals surface area contributed by atoms with Crippen molar-refractivity contribution in [1.82, 2.24) is 19.7 Å². The summed E-state index contributed by atoms with van der Waals surface area (Å²) in [7, 11) is 0. The summed E-state index contributed by atoms with van der Waals surface area (Å²) in [6.07, 6.45) is 3.24. The third-order valence-corrected chi connectivity index (χ3v) is 6.63. The molecule has 0 bridgehead atoms. The highest BCUT2D eigenvalue weighted by molar-refractivity contribution is 6.30. The summed E-state index contributed by atoms with van der Waals surface area (Å²) in [5.41, 5.74) is 3.45. The van der Waals surface area contributed by atoms with E-state index >= 15 is 0 Å². The predicted molar refractivity (Wildman–Crippen MR) is 141 cm³/mol. The highest BCUT2D eigenvalue weighted by atomic mass is 35.5. The minimum absolute atomic E-state index is 0.0753. The third kappa shape index (κ3) is 4.79. The molecule has 0 amide bonds. The van der Waals surface area contributed by atoms with Gasteiger partial charge in [-0.2, -0.15) is 5.10 Å². The molecule has 0 fully saturated rings. The van der Waals surface area contributed by atoms with Gasteiger partial charge in [-0.05, 0) is 73.0 Å². The molecule has 0 saturated heterocycles. The quantitative estimate of drug-likeness (QED) is 0.291. The smallest absolute Gasteiger partial charge is 0.251 e. The van der Waals surface area contributed by atoms with Crippen molar-refractivity contribution in [3.05, 3.63) is 106 Å². The van der Waals surface area contributed by atoms with E-state index in [1.165, 1.54) is 28.8 Å². The number of rotatable bonds is 6. The average molecular weight is 519 g/mol. The van der Waals surface area contributed by atoms with Crippen molar-refractivity contribution >= 4 is 22.5 Å². The van der Waals surface area contributed by atoms with E-state index in [4.69, 9.17) is 11.6 Å². The third-order valence-electron chi connectivity index (χ3n) is 6.34. The van der Waals surface area contributed by atoms with Crippen LogP contribution in [0, 0.1) is 5.82 Å². The number of nitrogens with one attached hydrogen (secondary N) is 1. The van der Waals surface area contributed by atoms with Gasteiger partial charge in [0.05, 0.1) is 28.9 Å². The summed E-state index contributed by atoms with van der Waals surface area (Å²) in [6.45, 7) is 2.99. The van der Waals surface area contributed by atoms with Crippen molar-refractivity contribution in [2.24, 2.45) is 0 Å². The van der Waals surface area contributed by atoms with E-state index in [-0.39, 0.29) is 17.2 Å². The Hall–Kier alpha value is -3.85. The summed E-state index contributed by atoms with van der Waals surface area (Å²) >= 11 is 5.91. The van der Waals surface area contributed by atoms with Gasteiger partial charge in [0.15, 0.2) is 0 Å². The number of hydrogen-bond acceptors (Lipinski definition) is 5. The monoisotopic (exact) mass is 518 g/mol. The number of halogens is 2. The van der Waals surface area contributed by atoms with Gasteiger partial charge in [0.25, 0.3) is 5.56 Å². The van der Waals surface area contributed by atoms with Crippen LogP contribution < -0.4 is 5.56 Å². The van der Waals surface area contributed by atoms with Gasteiger partial charge in [0.1, 0.15) is 17.1 Å². The fourth-order valence-electron chi connectivity index (χ4n) is 4.33. The molecule has 2 aromatic carbocycles. The molecule has 0 unspecified atom stereocenters. The SMILES string of the molecule is CC(C)(O)c1cc(-c2n[nH]c3ccc(-c4ccn([C@H](CO)c5ccc(F)c(Cl)c5)c(=O)c4)cc23)ccn1. The van der Waals surface area contributed by atoms with Gasteiger partial charge < -0.3 is 14.8 Å². The fourth-order valence-corrected chi connectivity index (χ4v) is 4.52. The zero-order valence-electron chi connectivity index (χ0n) is 20.1. The lowest BCUT2D eigenvalue weighted by molar-refractivity contribution is 0.0739. The molecule has 1 atom stereocenters. The van der Waals surface area contributed by atoms with Gasteiger partial charge in [0.2, 0.25) is 0 Å². The number of nitrogens with zero attached hydrogens (tertiary/aromatic N) is 3. The van der Waals surface area contributed by atoms with E-state index in [1.807, 2.05) is 24.3 Å². The standard InChI is InChI=1S/C28H24ClFN4O3/c1-28(2,37)25-13-19(7-9-31-25)27-20-11-16(4-6-23(20)32-33-27)17-8-10-34(26(36)14-17)24(15-35)18-3-5-22(30)21(29)12-18/h3-14,24,35,37H,15H2,1-2H3,(H,32,33)/t24-/m1/s1. The first-order chi connectivity index (χ1) is 17.7. The Labute approximate surface area is 216 Å². The Morgan fingerprint density at radius 2 is 1.84 bits per heavy atom. The maximum Gasteiger partial charge on any atom is 0.251 e. The van der Waals surface area contributed by atoms with E-state index < -0.39 is 17.5 Å². The topological polar surface area (TPSA) is 104 Å². The van der Waals surface area contributed by atoms with Crippen LogP contribution in [0.4, 0.5) is 4.39 Å². The van der Waals surface area contributed by atoms with Gasteiger partial charge >= 0.3 is 0 Å². The van der Waals surface area contributed by atoms with Crippen LogP contribution >= 0.6 is 11.6 Å². The van der Waals surface area contributed by atoms with Crippen LogP contribution in [0.5, 0.6) is 0 Å². The van der Waals surface area contributed by atoms with Gasteiger partial charge in [-0.3, -0.25) is 14.9 Å². The first kappa shape index (κ1) is 24.8. The molecule has 0 saturated carbocycles. The number of aromatic amines is 1. The lowest BCUT2D eigenvalue weighted by Crippen LogP contribution is -2.26. The van der Waals surface area contributed by atoms with Gasteiger partial charge in [-0.1, -0.05) is 23.7 Å². The predicted octanol–water partition coefficient (Wildman–Crippen LogP) is 5.06. The number of aliphatic hydroxyl groups is 2. The molecular weight excluding hydrogens is 495 g/mol. The van der Waals surface area contributed by atoms with E-state index in [0.717, 1.165) is 22.0 Å². The molecule has 0 spiro atoms. The molecule has 3 aromatic heterocycles. The molecule has 3 heterocycles. The minimum Gasteiger partial charge on any atom is -0.394 e. The summed E-state index contributed by atoms with van der Waals surface area (Å²) in [5, 5.41) is 28.6. The number of benzene rings is 2. The molecule has 5 rings (SSSR count). The van der Waals surface area contributed by atoms with Crippen LogP contribution in [0.3, 0.4) is 0 Å². The van der Waals surface area contributed by atoms with Gasteiger partial charge in [-0.25, -0.2) is 4.39 Å². The van der Waals surface area contributed by atoms with Crippen LogP contribution in [-0.2, 0) is 5.60 Å². The number of H-pyrrole nitrogens is 1. The molecule has 37 heavy (non-hydrogen) atoms. The Morgan fingerprint density at radius 3 is 2.54 bits per heavy atom. The number of fused-ring (bicyclic) bond motifs is 1. The Bertz CT molecular complexity index is 1670. The van der Waals surface area contributed by atoms with E-state index in [9.17, 15) is 19.4 Å². The van der Waals surface area contributed by atoms with Crippen LogP contribution in [-0.4, -0.2) is 36.6 Å². The van der Waals surface area contributed by atoms with Crippen molar-refractivity contribution in [2.45, 2.75) is 25.5 Å². The second kappa shape index (κ2) is 9.55. The number of aromatic nitrogens is 4.